The molecule has 1 fully saturated rings. The fourth-order valence-corrected chi connectivity index (χ4v) is 4.22. The van der Waals surface area contributed by atoms with Crippen molar-refractivity contribution in [3.63, 3.8) is 0 Å². The molecule has 1 atom stereocenters. The lowest BCUT2D eigenvalue weighted by Gasteiger charge is -2.20. The van der Waals surface area contributed by atoms with Crippen LogP contribution >= 0.6 is 23.4 Å². The van der Waals surface area contributed by atoms with Crippen LogP contribution in [-0.4, -0.2) is 24.1 Å². The summed E-state index contributed by atoms with van der Waals surface area (Å²) in [5, 5.41) is 3.77. The summed E-state index contributed by atoms with van der Waals surface area (Å²) in [5.74, 6) is 0.329. The molecule has 2 aromatic rings. The van der Waals surface area contributed by atoms with Crippen LogP contribution in [0.4, 0.5) is 11.4 Å². The summed E-state index contributed by atoms with van der Waals surface area (Å²) in [6, 6.07) is 15.1. The zero-order valence-corrected chi connectivity index (χ0v) is 16.1. The monoisotopic (exact) mass is 388 g/mol. The summed E-state index contributed by atoms with van der Waals surface area (Å²) in [6.45, 7) is 2.74. The van der Waals surface area contributed by atoms with Gasteiger partial charge in [0.2, 0.25) is 11.8 Å². The molecule has 0 aliphatic carbocycles. The number of anilines is 2. The molecule has 0 saturated carbocycles. The van der Waals surface area contributed by atoms with Gasteiger partial charge < -0.3 is 10.2 Å². The normalized spacial score (nSPS) is 15.2. The summed E-state index contributed by atoms with van der Waals surface area (Å²) >= 11 is 7.75. The van der Waals surface area contributed by atoms with E-state index in [0.717, 1.165) is 17.7 Å². The van der Waals surface area contributed by atoms with Gasteiger partial charge in [-0.25, -0.2) is 0 Å². The predicted molar refractivity (Wildman–Crippen MR) is 109 cm³/mol. The molecular formula is C20H21ClN2O2S. The maximum Gasteiger partial charge on any atom is 0.234 e. The van der Waals surface area contributed by atoms with E-state index < -0.39 is 0 Å². The maximum absolute atomic E-state index is 12.4. The van der Waals surface area contributed by atoms with Crippen LogP contribution in [0.5, 0.6) is 0 Å². The number of hydrogen-bond donors (Lipinski definition) is 1. The first-order valence-electron chi connectivity index (χ1n) is 8.61. The second-order valence-corrected chi connectivity index (χ2v) is 7.93. The predicted octanol–water partition coefficient (Wildman–Crippen LogP) is 4.90. The Morgan fingerprint density at radius 2 is 1.96 bits per heavy atom. The Labute approximate surface area is 162 Å². The van der Waals surface area contributed by atoms with Crippen LogP contribution in [0.25, 0.3) is 0 Å². The van der Waals surface area contributed by atoms with Crippen LogP contribution in [-0.2, 0) is 9.59 Å². The molecule has 0 radical (unpaired) electrons. The van der Waals surface area contributed by atoms with E-state index in [-0.39, 0.29) is 17.1 Å². The van der Waals surface area contributed by atoms with Crippen molar-refractivity contribution in [2.24, 2.45) is 0 Å². The molecule has 0 spiro atoms. The quantitative estimate of drug-likeness (QED) is 0.765. The number of hydrogen-bond acceptors (Lipinski definition) is 3. The number of halogens is 1. The van der Waals surface area contributed by atoms with Gasteiger partial charge in [-0.3, -0.25) is 9.59 Å². The first-order chi connectivity index (χ1) is 12.6. The summed E-state index contributed by atoms with van der Waals surface area (Å²) < 4.78 is 0. The van der Waals surface area contributed by atoms with Gasteiger partial charge in [0, 0.05) is 23.2 Å². The molecule has 3 rings (SSSR count). The summed E-state index contributed by atoms with van der Waals surface area (Å²) in [7, 11) is 0. The van der Waals surface area contributed by atoms with E-state index in [9.17, 15) is 9.59 Å². The van der Waals surface area contributed by atoms with Gasteiger partial charge in [-0.05, 0) is 37.1 Å². The van der Waals surface area contributed by atoms with Crippen molar-refractivity contribution in [2.75, 3.05) is 22.5 Å². The second kappa shape index (κ2) is 8.60. The number of nitrogens with one attached hydrogen (secondary N) is 1. The van der Waals surface area contributed by atoms with Crippen LogP contribution in [0.2, 0.25) is 5.02 Å². The van der Waals surface area contributed by atoms with Crippen LogP contribution in [0.1, 0.15) is 30.6 Å². The summed E-state index contributed by atoms with van der Waals surface area (Å²) in [6.07, 6.45) is 1.42. The minimum Gasteiger partial charge on any atom is -0.324 e. The Hall–Kier alpha value is -1.98. The Kier molecular flexibility index (Phi) is 6.22. The van der Waals surface area contributed by atoms with Gasteiger partial charge in [0.05, 0.1) is 17.1 Å². The number of carbonyl (C=O) groups excluding carboxylic acids is 2. The number of rotatable bonds is 6. The van der Waals surface area contributed by atoms with E-state index in [1.807, 2.05) is 55.5 Å². The van der Waals surface area contributed by atoms with Gasteiger partial charge in [0.15, 0.2) is 0 Å². The number of carbonyl (C=O) groups is 2. The van der Waals surface area contributed by atoms with E-state index in [4.69, 9.17) is 11.6 Å². The lowest BCUT2D eigenvalue weighted by Crippen LogP contribution is -2.26. The Morgan fingerprint density at radius 1 is 1.23 bits per heavy atom. The molecule has 26 heavy (non-hydrogen) atoms. The largest absolute Gasteiger partial charge is 0.324 e. The minimum atomic E-state index is -0.0898. The Bertz CT molecular complexity index is 812. The van der Waals surface area contributed by atoms with E-state index in [1.165, 1.54) is 11.8 Å². The minimum absolute atomic E-state index is 0.0898. The number of benzene rings is 2. The third kappa shape index (κ3) is 4.40. The lowest BCUT2D eigenvalue weighted by molar-refractivity contribution is -0.117. The SMILES string of the molecule is CC(SCC(=O)Nc1ccccc1N1CCCC1=O)c1ccccc1Cl. The fraction of sp³-hybridized carbons (Fsp3) is 0.300. The van der Waals surface area contributed by atoms with Crippen molar-refractivity contribution in [2.45, 2.75) is 25.0 Å². The molecule has 1 N–H and O–H groups in total. The van der Waals surface area contributed by atoms with Crippen molar-refractivity contribution in [1.82, 2.24) is 0 Å². The van der Waals surface area contributed by atoms with Crippen molar-refractivity contribution < 1.29 is 9.59 Å². The van der Waals surface area contributed by atoms with Gasteiger partial charge >= 0.3 is 0 Å². The van der Waals surface area contributed by atoms with Crippen LogP contribution < -0.4 is 10.2 Å². The highest BCUT2D eigenvalue weighted by atomic mass is 35.5. The Balaban J connectivity index is 1.62. The molecule has 4 nitrogen and oxygen atoms in total. The van der Waals surface area contributed by atoms with Crippen molar-refractivity contribution in [1.29, 1.82) is 0 Å². The lowest BCUT2D eigenvalue weighted by atomic mass is 10.2. The number of thioether (sulfide) groups is 1. The number of nitrogens with zero attached hydrogens (tertiary/aromatic N) is 1. The topological polar surface area (TPSA) is 49.4 Å². The number of para-hydroxylation sites is 2. The zero-order valence-electron chi connectivity index (χ0n) is 14.6. The average Bonchev–Trinajstić information content (AvgIpc) is 3.06. The smallest absolute Gasteiger partial charge is 0.234 e. The highest BCUT2D eigenvalue weighted by molar-refractivity contribution is 8.00. The molecule has 2 aromatic carbocycles. The number of amides is 2. The highest BCUT2D eigenvalue weighted by Gasteiger charge is 2.24. The summed E-state index contributed by atoms with van der Waals surface area (Å²) in [4.78, 5) is 26.2. The Morgan fingerprint density at radius 3 is 2.69 bits per heavy atom. The van der Waals surface area contributed by atoms with Crippen LogP contribution in [0.3, 0.4) is 0 Å². The van der Waals surface area contributed by atoms with E-state index >= 15 is 0 Å². The molecular weight excluding hydrogens is 368 g/mol. The van der Waals surface area contributed by atoms with Crippen molar-refractivity contribution in [3.8, 4) is 0 Å². The van der Waals surface area contributed by atoms with Crippen molar-refractivity contribution >= 4 is 46.6 Å². The third-order valence-electron chi connectivity index (χ3n) is 4.35. The molecule has 0 bridgehead atoms. The molecule has 2 amide bonds. The van der Waals surface area contributed by atoms with Crippen LogP contribution in [0, 0.1) is 0 Å². The highest BCUT2D eigenvalue weighted by Crippen LogP contribution is 2.33. The van der Waals surface area contributed by atoms with Gasteiger partial charge in [-0.2, -0.15) is 0 Å². The molecule has 1 saturated heterocycles. The van der Waals surface area contributed by atoms with Gasteiger partial charge in [0.25, 0.3) is 0 Å². The van der Waals surface area contributed by atoms with E-state index in [1.54, 1.807) is 4.90 Å². The molecule has 1 aliphatic rings. The van der Waals surface area contributed by atoms with Gasteiger partial charge in [-0.15, -0.1) is 11.8 Å². The summed E-state index contributed by atoms with van der Waals surface area (Å²) in [5.41, 5.74) is 2.47. The standard InChI is InChI=1S/C20H21ClN2O2S/c1-14(15-7-2-3-8-16(15)21)26-13-19(24)22-17-9-4-5-10-18(17)23-12-6-11-20(23)25/h2-5,7-10,14H,6,11-13H2,1H3,(H,22,24). The molecule has 0 aromatic heterocycles. The van der Waals surface area contributed by atoms with E-state index in [0.29, 0.717) is 29.4 Å². The van der Waals surface area contributed by atoms with Gasteiger partial charge in [-0.1, -0.05) is 41.9 Å². The van der Waals surface area contributed by atoms with E-state index in [2.05, 4.69) is 5.32 Å². The molecule has 6 heteroatoms. The first-order valence-corrected chi connectivity index (χ1v) is 10.0. The first kappa shape index (κ1) is 18.8. The molecule has 1 heterocycles. The fourth-order valence-electron chi connectivity index (χ4n) is 3.00. The zero-order chi connectivity index (χ0) is 18.5. The molecule has 1 unspecified atom stereocenters. The van der Waals surface area contributed by atoms with Gasteiger partial charge in [0.1, 0.15) is 0 Å². The average molecular weight is 389 g/mol. The van der Waals surface area contributed by atoms with Crippen molar-refractivity contribution in [3.05, 3.63) is 59.1 Å². The second-order valence-electron chi connectivity index (χ2n) is 6.19. The molecule has 136 valence electrons. The molecule has 1 aliphatic heterocycles. The maximum atomic E-state index is 12.4. The van der Waals surface area contributed by atoms with Crippen LogP contribution in [0.15, 0.2) is 48.5 Å². The third-order valence-corrected chi connectivity index (χ3v) is 5.88.